The van der Waals surface area contributed by atoms with Crippen molar-refractivity contribution in [3.63, 3.8) is 0 Å². The molecular weight excluding hydrogens is 122 g/mol. The van der Waals surface area contributed by atoms with E-state index in [9.17, 15) is 0 Å². The maximum Gasteiger partial charge on any atom is 0.0136 e. The minimum Gasteiger partial charge on any atom is -0.310 e. The zero-order valence-corrected chi connectivity index (χ0v) is 6.98. The van der Waals surface area contributed by atoms with Crippen LogP contribution in [0.4, 0.5) is 0 Å². The third kappa shape index (κ3) is 0.731. The lowest BCUT2D eigenvalue weighted by atomic mass is 9.69. The standard InChI is InChI=1S/C9H17N/c1-9(2)7-5-3-4-6-8(9)10-7/h7-8,10H,3-6H2,1-2H3. The van der Waals surface area contributed by atoms with Crippen LogP contribution in [0.5, 0.6) is 0 Å². The molecule has 2 bridgehead atoms. The maximum absolute atomic E-state index is 3.63. The highest BCUT2D eigenvalue weighted by atomic mass is 15.1. The number of nitrogens with one attached hydrogen (secondary N) is 1. The Hall–Kier alpha value is -0.0400. The van der Waals surface area contributed by atoms with Crippen LogP contribution in [-0.2, 0) is 0 Å². The van der Waals surface area contributed by atoms with Gasteiger partial charge in [0.15, 0.2) is 0 Å². The monoisotopic (exact) mass is 139 g/mol. The van der Waals surface area contributed by atoms with Gasteiger partial charge in [0, 0.05) is 12.1 Å². The van der Waals surface area contributed by atoms with E-state index in [4.69, 9.17) is 0 Å². The van der Waals surface area contributed by atoms with Gasteiger partial charge < -0.3 is 5.32 Å². The third-order valence-corrected chi connectivity index (χ3v) is 3.43. The van der Waals surface area contributed by atoms with Crippen LogP contribution in [0.2, 0.25) is 0 Å². The van der Waals surface area contributed by atoms with Crippen molar-refractivity contribution in [2.24, 2.45) is 5.41 Å². The van der Waals surface area contributed by atoms with Crippen LogP contribution in [0.25, 0.3) is 0 Å². The number of hydrogen-bond donors (Lipinski definition) is 1. The Balaban J connectivity index is 2.12. The summed E-state index contributed by atoms with van der Waals surface area (Å²) in [5.41, 5.74) is 0.608. The first-order valence-corrected chi connectivity index (χ1v) is 4.47. The number of fused-ring (bicyclic) bond motifs is 3. The summed E-state index contributed by atoms with van der Waals surface area (Å²) in [5.74, 6) is 0. The van der Waals surface area contributed by atoms with Gasteiger partial charge in [-0.2, -0.15) is 0 Å². The molecule has 2 aliphatic heterocycles. The van der Waals surface area contributed by atoms with Gasteiger partial charge in [0.25, 0.3) is 0 Å². The Kier molecular flexibility index (Phi) is 1.31. The quantitative estimate of drug-likeness (QED) is 0.540. The lowest BCUT2D eigenvalue weighted by Gasteiger charge is -2.52. The van der Waals surface area contributed by atoms with Gasteiger partial charge in [-0.05, 0) is 18.3 Å². The molecule has 10 heavy (non-hydrogen) atoms. The van der Waals surface area contributed by atoms with Gasteiger partial charge in [0.1, 0.15) is 0 Å². The normalized spacial score (nSPS) is 43.8. The van der Waals surface area contributed by atoms with Gasteiger partial charge in [0.2, 0.25) is 0 Å². The number of rotatable bonds is 0. The van der Waals surface area contributed by atoms with E-state index in [-0.39, 0.29) is 0 Å². The Morgan fingerprint density at radius 3 is 2.00 bits per heavy atom. The van der Waals surface area contributed by atoms with Gasteiger partial charge in [-0.25, -0.2) is 0 Å². The molecule has 0 radical (unpaired) electrons. The largest absolute Gasteiger partial charge is 0.310 e. The fourth-order valence-corrected chi connectivity index (χ4v) is 2.43. The summed E-state index contributed by atoms with van der Waals surface area (Å²) in [4.78, 5) is 0. The average Bonchev–Trinajstić information content (AvgIpc) is 2.17. The van der Waals surface area contributed by atoms with Gasteiger partial charge >= 0.3 is 0 Å². The molecule has 2 atom stereocenters. The second-order valence-electron chi connectivity index (χ2n) is 4.38. The van der Waals surface area contributed by atoms with Crippen LogP contribution in [0.3, 0.4) is 0 Å². The topological polar surface area (TPSA) is 12.0 Å². The van der Waals surface area contributed by atoms with Crippen molar-refractivity contribution in [2.75, 3.05) is 0 Å². The van der Waals surface area contributed by atoms with Crippen molar-refractivity contribution in [3.05, 3.63) is 0 Å². The van der Waals surface area contributed by atoms with Crippen LogP contribution >= 0.6 is 0 Å². The predicted octanol–water partition coefficient (Wildman–Crippen LogP) is 1.93. The average molecular weight is 139 g/mol. The van der Waals surface area contributed by atoms with Crippen LogP contribution in [-0.4, -0.2) is 12.1 Å². The van der Waals surface area contributed by atoms with Crippen LogP contribution in [0, 0.1) is 5.41 Å². The lowest BCUT2D eigenvalue weighted by molar-refractivity contribution is 0.0518. The first-order chi connectivity index (χ1) is 4.71. The molecule has 1 N–H and O–H groups in total. The summed E-state index contributed by atoms with van der Waals surface area (Å²) in [6.07, 6.45) is 5.70. The molecule has 1 heteroatoms. The Bertz CT molecular complexity index is 122. The van der Waals surface area contributed by atoms with E-state index in [0.717, 1.165) is 12.1 Å². The Morgan fingerprint density at radius 1 is 1.10 bits per heavy atom. The molecule has 3 aliphatic rings. The van der Waals surface area contributed by atoms with E-state index in [1.165, 1.54) is 25.7 Å². The van der Waals surface area contributed by atoms with Gasteiger partial charge in [-0.1, -0.05) is 26.7 Å². The molecule has 0 spiro atoms. The molecule has 0 aromatic rings. The molecule has 0 aromatic carbocycles. The van der Waals surface area contributed by atoms with E-state index in [1.807, 2.05) is 0 Å². The molecule has 2 unspecified atom stereocenters. The minimum atomic E-state index is 0.608. The summed E-state index contributed by atoms with van der Waals surface area (Å²) in [6, 6.07) is 1.67. The van der Waals surface area contributed by atoms with Crippen molar-refractivity contribution in [2.45, 2.75) is 51.6 Å². The minimum absolute atomic E-state index is 0.608. The molecule has 3 rings (SSSR count). The SMILES string of the molecule is CC1(C)C2CCCCC1N2. The molecule has 1 aliphatic carbocycles. The summed E-state index contributed by atoms with van der Waals surface area (Å²) in [7, 11) is 0. The summed E-state index contributed by atoms with van der Waals surface area (Å²) < 4.78 is 0. The zero-order valence-electron chi connectivity index (χ0n) is 6.98. The molecule has 2 saturated heterocycles. The van der Waals surface area contributed by atoms with Crippen molar-refractivity contribution in [1.29, 1.82) is 0 Å². The van der Waals surface area contributed by atoms with Gasteiger partial charge in [-0.15, -0.1) is 0 Å². The van der Waals surface area contributed by atoms with Crippen molar-refractivity contribution >= 4 is 0 Å². The number of hydrogen-bond acceptors (Lipinski definition) is 1. The summed E-state index contributed by atoms with van der Waals surface area (Å²) in [5, 5.41) is 3.63. The maximum atomic E-state index is 3.63. The molecule has 0 amide bonds. The first-order valence-electron chi connectivity index (χ1n) is 4.47. The zero-order chi connectivity index (χ0) is 7.19. The third-order valence-electron chi connectivity index (χ3n) is 3.43. The molecule has 1 saturated carbocycles. The molecule has 0 aromatic heterocycles. The Morgan fingerprint density at radius 2 is 1.60 bits per heavy atom. The fourth-order valence-electron chi connectivity index (χ4n) is 2.43. The lowest BCUT2D eigenvalue weighted by Crippen LogP contribution is -2.65. The Labute approximate surface area is 63.2 Å². The van der Waals surface area contributed by atoms with Crippen LogP contribution < -0.4 is 5.32 Å². The van der Waals surface area contributed by atoms with Crippen LogP contribution in [0.1, 0.15) is 39.5 Å². The van der Waals surface area contributed by atoms with E-state index in [2.05, 4.69) is 19.2 Å². The second-order valence-corrected chi connectivity index (χ2v) is 4.38. The first kappa shape index (κ1) is 6.66. The van der Waals surface area contributed by atoms with Crippen molar-refractivity contribution < 1.29 is 0 Å². The van der Waals surface area contributed by atoms with E-state index in [1.54, 1.807) is 0 Å². The van der Waals surface area contributed by atoms with Crippen molar-refractivity contribution in [3.8, 4) is 0 Å². The van der Waals surface area contributed by atoms with E-state index < -0.39 is 0 Å². The van der Waals surface area contributed by atoms with Gasteiger partial charge in [0.05, 0.1) is 0 Å². The van der Waals surface area contributed by atoms with Gasteiger partial charge in [-0.3, -0.25) is 0 Å². The smallest absolute Gasteiger partial charge is 0.0136 e. The summed E-state index contributed by atoms with van der Waals surface area (Å²) >= 11 is 0. The van der Waals surface area contributed by atoms with E-state index >= 15 is 0 Å². The predicted molar refractivity (Wildman–Crippen MR) is 43.0 cm³/mol. The summed E-state index contributed by atoms with van der Waals surface area (Å²) in [6.45, 7) is 4.81. The molecule has 3 fully saturated rings. The molecule has 1 nitrogen and oxygen atoms in total. The highest BCUT2D eigenvalue weighted by Crippen LogP contribution is 2.42. The highest BCUT2D eigenvalue weighted by Gasteiger charge is 2.47. The molecule has 2 heterocycles. The van der Waals surface area contributed by atoms with Crippen molar-refractivity contribution in [1.82, 2.24) is 5.32 Å². The molecular formula is C9H17N. The molecule has 58 valence electrons. The van der Waals surface area contributed by atoms with E-state index in [0.29, 0.717) is 5.41 Å². The van der Waals surface area contributed by atoms with Crippen LogP contribution in [0.15, 0.2) is 0 Å². The highest BCUT2D eigenvalue weighted by molar-refractivity contribution is 5.05. The second kappa shape index (κ2) is 1.97. The fraction of sp³-hybridized carbons (Fsp3) is 1.00.